The van der Waals surface area contributed by atoms with Crippen molar-refractivity contribution in [3.05, 3.63) is 53.1 Å². The summed E-state index contributed by atoms with van der Waals surface area (Å²) in [7, 11) is 0. The van der Waals surface area contributed by atoms with E-state index in [9.17, 15) is 4.39 Å². The third kappa shape index (κ3) is 2.71. The Morgan fingerprint density at radius 3 is 2.89 bits per heavy atom. The van der Waals surface area contributed by atoms with Gasteiger partial charge in [-0.2, -0.15) is 0 Å². The Balaban J connectivity index is 2.22. The molecule has 0 amide bonds. The monoisotopic (exact) mass is 265 g/mol. The average Bonchev–Trinajstić information content (AvgIpc) is 2.37. The van der Waals surface area contributed by atoms with Crippen molar-refractivity contribution in [1.29, 1.82) is 0 Å². The smallest absolute Gasteiger partial charge is 0.143 e. The van der Waals surface area contributed by atoms with Crippen LogP contribution in [0.5, 0.6) is 0 Å². The quantitative estimate of drug-likeness (QED) is 0.833. The van der Waals surface area contributed by atoms with Gasteiger partial charge in [0.25, 0.3) is 0 Å². The number of rotatable bonds is 3. The van der Waals surface area contributed by atoms with Crippen molar-refractivity contribution < 1.29 is 4.39 Å². The minimum Gasteiger partial charge on any atom is -0.397 e. The van der Waals surface area contributed by atoms with Gasteiger partial charge in [0.05, 0.1) is 22.4 Å². The molecule has 1 unspecified atom stereocenters. The second kappa shape index (κ2) is 5.23. The van der Waals surface area contributed by atoms with Gasteiger partial charge < -0.3 is 11.1 Å². The zero-order valence-electron chi connectivity index (χ0n) is 9.82. The van der Waals surface area contributed by atoms with Crippen LogP contribution in [0.4, 0.5) is 15.8 Å². The third-order valence-electron chi connectivity index (χ3n) is 2.65. The first-order valence-electron chi connectivity index (χ1n) is 5.49. The van der Waals surface area contributed by atoms with E-state index >= 15 is 0 Å². The van der Waals surface area contributed by atoms with Crippen LogP contribution in [-0.2, 0) is 0 Å². The van der Waals surface area contributed by atoms with Crippen molar-refractivity contribution in [2.24, 2.45) is 0 Å². The summed E-state index contributed by atoms with van der Waals surface area (Å²) in [5.41, 5.74) is 7.72. The van der Waals surface area contributed by atoms with Crippen molar-refractivity contribution >= 4 is 23.0 Å². The summed E-state index contributed by atoms with van der Waals surface area (Å²) in [6.07, 6.45) is 3.45. The SMILES string of the molecule is CC(Nc1cc(F)c(Cl)cc1N)c1cccnc1. The summed E-state index contributed by atoms with van der Waals surface area (Å²) in [6, 6.07) is 6.45. The van der Waals surface area contributed by atoms with E-state index in [-0.39, 0.29) is 11.1 Å². The molecule has 0 saturated heterocycles. The molecule has 0 fully saturated rings. The molecule has 94 valence electrons. The topological polar surface area (TPSA) is 50.9 Å². The van der Waals surface area contributed by atoms with Gasteiger partial charge >= 0.3 is 0 Å². The number of hydrogen-bond donors (Lipinski definition) is 2. The zero-order chi connectivity index (χ0) is 13.1. The standard InChI is InChI=1S/C13H13ClFN3/c1-8(9-3-2-4-17-7-9)18-13-6-11(15)10(14)5-12(13)16/h2-8,18H,16H2,1H3. The molecule has 0 aliphatic carbocycles. The van der Waals surface area contributed by atoms with Gasteiger partial charge in [-0.3, -0.25) is 4.98 Å². The Bertz CT molecular complexity index is 545. The minimum absolute atomic E-state index is 0.0204. The van der Waals surface area contributed by atoms with Crippen LogP contribution in [-0.4, -0.2) is 4.98 Å². The summed E-state index contributed by atoms with van der Waals surface area (Å²) in [4.78, 5) is 4.04. The molecule has 3 nitrogen and oxygen atoms in total. The van der Waals surface area contributed by atoms with Gasteiger partial charge in [0, 0.05) is 18.5 Å². The van der Waals surface area contributed by atoms with Crippen LogP contribution in [0.3, 0.4) is 0 Å². The highest BCUT2D eigenvalue weighted by atomic mass is 35.5. The Morgan fingerprint density at radius 1 is 1.44 bits per heavy atom. The summed E-state index contributed by atoms with van der Waals surface area (Å²) < 4.78 is 13.4. The lowest BCUT2D eigenvalue weighted by Crippen LogP contribution is -2.09. The fourth-order valence-electron chi connectivity index (χ4n) is 1.64. The molecular formula is C13H13ClFN3. The van der Waals surface area contributed by atoms with Gasteiger partial charge in [-0.1, -0.05) is 17.7 Å². The molecule has 0 bridgehead atoms. The number of nitrogens with one attached hydrogen (secondary N) is 1. The highest BCUT2D eigenvalue weighted by molar-refractivity contribution is 6.31. The van der Waals surface area contributed by atoms with E-state index in [4.69, 9.17) is 17.3 Å². The van der Waals surface area contributed by atoms with Gasteiger partial charge in [-0.05, 0) is 24.6 Å². The van der Waals surface area contributed by atoms with E-state index in [2.05, 4.69) is 10.3 Å². The Hall–Kier alpha value is -1.81. The third-order valence-corrected chi connectivity index (χ3v) is 2.94. The van der Waals surface area contributed by atoms with Crippen molar-refractivity contribution in [2.75, 3.05) is 11.1 Å². The molecule has 0 radical (unpaired) electrons. The average molecular weight is 266 g/mol. The summed E-state index contributed by atoms with van der Waals surface area (Å²) >= 11 is 5.65. The number of nitrogens with two attached hydrogens (primary N) is 1. The molecule has 5 heteroatoms. The first-order chi connectivity index (χ1) is 8.58. The molecule has 0 spiro atoms. The Kier molecular flexibility index (Phi) is 3.67. The van der Waals surface area contributed by atoms with E-state index in [0.717, 1.165) is 5.56 Å². The van der Waals surface area contributed by atoms with Crippen molar-refractivity contribution in [3.63, 3.8) is 0 Å². The number of pyridine rings is 1. The van der Waals surface area contributed by atoms with Gasteiger partial charge in [0.2, 0.25) is 0 Å². The van der Waals surface area contributed by atoms with Crippen LogP contribution in [0.15, 0.2) is 36.7 Å². The Morgan fingerprint density at radius 2 is 2.22 bits per heavy atom. The lowest BCUT2D eigenvalue weighted by Gasteiger charge is -2.17. The van der Waals surface area contributed by atoms with E-state index in [1.54, 1.807) is 12.4 Å². The fourth-order valence-corrected chi connectivity index (χ4v) is 1.81. The maximum atomic E-state index is 13.4. The number of nitrogen functional groups attached to an aromatic ring is 1. The lowest BCUT2D eigenvalue weighted by molar-refractivity contribution is 0.628. The molecule has 2 aromatic rings. The van der Waals surface area contributed by atoms with Crippen LogP contribution in [0, 0.1) is 5.82 Å². The number of hydrogen-bond acceptors (Lipinski definition) is 3. The summed E-state index contributed by atoms with van der Waals surface area (Å²) in [5, 5.41) is 3.15. The van der Waals surface area contributed by atoms with Gasteiger partial charge in [-0.25, -0.2) is 4.39 Å². The van der Waals surface area contributed by atoms with Gasteiger partial charge in [0.1, 0.15) is 5.82 Å². The number of aromatic nitrogens is 1. The van der Waals surface area contributed by atoms with Crippen molar-refractivity contribution in [2.45, 2.75) is 13.0 Å². The summed E-state index contributed by atoms with van der Waals surface area (Å²) in [5.74, 6) is -0.494. The molecule has 0 saturated carbocycles. The molecule has 1 atom stereocenters. The number of anilines is 2. The van der Waals surface area contributed by atoms with E-state index in [0.29, 0.717) is 11.4 Å². The highest BCUT2D eigenvalue weighted by Gasteiger charge is 2.10. The van der Waals surface area contributed by atoms with E-state index < -0.39 is 5.82 Å². The van der Waals surface area contributed by atoms with Gasteiger partial charge in [-0.15, -0.1) is 0 Å². The van der Waals surface area contributed by atoms with Crippen LogP contribution in [0.2, 0.25) is 5.02 Å². The molecule has 0 aliphatic rings. The Labute approximate surface area is 110 Å². The second-order valence-corrected chi connectivity index (χ2v) is 4.41. The van der Waals surface area contributed by atoms with Crippen molar-refractivity contribution in [1.82, 2.24) is 4.98 Å². The lowest BCUT2D eigenvalue weighted by atomic mass is 10.1. The molecule has 3 N–H and O–H groups in total. The molecule has 1 aromatic carbocycles. The van der Waals surface area contributed by atoms with Crippen LogP contribution in [0.25, 0.3) is 0 Å². The first kappa shape index (κ1) is 12.6. The zero-order valence-corrected chi connectivity index (χ0v) is 10.6. The molecular weight excluding hydrogens is 253 g/mol. The van der Waals surface area contributed by atoms with Crippen LogP contribution >= 0.6 is 11.6 Å². The maximum absolute atomic E-state index is 13.4. The first-order valence-corrected chi connectivity index (χ1v) is 5.86. The normalized spacial score (nSPS) is 12.2. The highest BCUT2D eigenvalue weighted by Crippen LogP contribution is 2.28. The number of halogens is 2. The molecule has 0 aliphatic heterocycles. The fraction of sp³-hybridized carbons (Fsp3) is 0.154. The van der Waals surface area contributed by atoms with Crippen LogP contribution in [0.1, 0.15) is 18.5 Å². The van der Waals surface area contributed by atoms with E-state index in [1.807, 2.05) is 19.1 Å². The molecule has 2 rings (SSSR count). The number of benzene rings is 1. The van der Waals surface area contributed by atoms with Crippen molar-refractivity contribution in [3.8, 4) is 0 Å². The predicted octanol–water partition coefficient (Wildman–Crippen LogP) is 3.63. The largest absolute Gasteiger partial charge is 0.397 e. The maximum Gasteiger partial charge on any atom is 0.143 e. The number of nitrogens with zero attached hydrogens (tertiary/aromatic N) is 1. The second-order valence-electron chi connectivity index (χ2n) is 4.01. The van der Waals surface area contributed by atoms with Crippen LogP contribution < -0.4 is 11.1 Å². The van der Waals surface area contributed by atoms with Gasteiger partial charge in [0.15, 0.2) is 0 Å². The summed E-state index contributed by atoms with van der Waals surface area (Å²) in [6.45, 7) is 1.95. The molecule has 18 heavy (non-hydrogen) atoms. The van der Waals surface area contributed by atoms with E-state index in [1.165, 1.54) is 12.1 Å². The minimum atomic E-state index is -0.494. The molecule has 1 aromatic heterocycles. The predicted molar refractivity (Wildman–Crippen MR) is 72.1 cm³/mol. The molecule has 1 heterocycles.